The molecule has 0 spiro atoms. The molecule has 1 aromatic heterocycles. The van der Waals surface area contributed by atoms with Gasteiger partial charge in [0.25, 0.3) is 5.91 Å². The first-order valence-corrected chi connectivity index (χ1v) is 8.00. The summed E-state index contributed by atoms with van der Waals surface area (Å²) in [4.78, 5) is 16.4. The van der Waals surface area contributed by atoms with Crippen LogP contribution in [0.1, 0.15) is 11.4 Å². The van der Waals surface area contributed by atoms with Gasteiger partial charge < -0.3 is 14.6 Å². The zero-order valence-electron chi connectivity index (χ0n) is 14.0. The summed E-state index contributed by atoms with van der Waals surface area (Å²) >= 11 is 0. The van der Waals surface area contributed by atoms with E-state index in [2.05, 4.69) is 33.1 Å². The molecule has 1 heterocycles. The minimum Gasteiger partial charge on any atom is -0.484 e. The van der Waals surface area contributed by atoms with Crippen LogP contribution >= 0.6 is 0 Å². The normalized spacial score (nSPS) is 10.8. The van der Waals surface area contributed by atoms with Gasteiger partial charge in [-0.05, 0) is 43.2 Å². The van der Waals surface area contributed by atoms with Crippen molar-refractivity contribution < 1.29 is 9.53 Å². The smallest absolute Gasteiger partial charge is 0.257 e. The molecule has 0 bridgehead atoms. The molecule has 0 aliphatic rings. The highest BCUT2D eigenvalue weighted by molar-refractivity contribution is 5.78. The number of rotatable bonds is 6. The number of carbonyl (C=O) groups excluding carboxylic acids is 1. The Balaban J connectivity index is 1.48. The van der Waals surface area contributed by atoms with Gasteiger partial charge in [-0.3, -0.25) is 4.79 Å². The molecule has 0 saturated heterocycles. The number of benzene rings is 2. The Labute approximate surface area is 141 Å². The minimum atomic E-state index is -0.117. The molecule has 0 aliphatic carbocycles. The van der Waals surface area contributed by atoms with Crippen LogP contribution in [0.5, 0.6) is 5.75 Å². The number of aryl methyl sites for hydroxylation is 2. The Morgan fingerprint density at radius 1 is 1.21 bits per heavy atom. The molecule has 5 nitrogen and oxygen atoms in total. The Morgan fingerprint density at radius 3 is 2.79 bits per heavy atom. The van der Waals surface area contributed by atoms with E-state index in [0.29, 0.717) is 12.3 Å². The first-order valence-electron chi connectivity index (χ1n) is 8.00. The van der Waals surface area contributed by atoms with E-state index in [0.717, 1.165) is 28.8 Å². The van der Waals surface area contributed by atoms with E-state index in [1.807, 2.05) is 44.3 Å². The van der Waals surface area contributed by atoms with Gasteiger partial charge in [-0.15, -0.1) is 0 Å². The third kappa shape index (κ3) is 3.74. The summed E-state index contributed by atoms with van der Waals surface area (Å²) in [6.07, 6.45) is 0.767. The molecule has 0 saturated carbocycles. The maximum absolute atomic E-state index is 11.8. The van der Waals surface area contributed by atoms with E-state index in [4.69, 9.17) is 4.74 Å². The van der Waals surface area contributed by atoms with Crippen LogP contribution in [-0.4, -0.2) is 28.6 Å². The summed E-state index contributed by atoms with van der Waals surface area (Å²) in [5.41, 5.74) is 3.27. The molecule has 0 unspecified atom stereocenters. The second-order valence-corrected chi connectivity index (χ2v) is 5.74. The molecule has 3 rings (SSSR count). The fourth-order valence-electron chi connectivity index (χ4n) is 2.58. The van der Waals surface area contributed by atoms with Gasteiger partial charge in [0.1, 0.15) is 11.6 Å². The lowest BCUT2D eigenvalue weighted by atomic mass is 10.1. The van der Waals surface area contributed by atoms with E-state index in [9.17, 15) is 4.79 Å². The second-order valence-electron chi connectivity index (χ2n) is 5.74. The van der Waals surface area contributed by atoms with Crippen LogP contribution in [0.15, 0.2) is 48.5 Å². The summed E-state index contributed by atoms with van der Waals surface area (Å²) in [6.45, 7) is 2.60. The van der Waals surface area contributed by atoms with Crippen molar-refractivity contribution >= 4 is 16.9 Å². The summed E-state index contributed by atoms with van der Waals surface area (Å²) in [6, 6.07) is 15.6. The van der Waals surface area contributed by atoms with Crippen LogP contribution in [0.3, 0.4) is 0 Å². The van der Waals surface area contributed by atoms with Crippen LogP contribution in [0.2, 0.25) is 0 Å². The maximum atomic E-state index is 11.8. The Morgan fingerprint density at radius 2 is 2.00 bits per heavy atom. The number of amides is 1. The van der Waals surface area contributed by atoms with Crippen molar-refractivity contribution in [3.8, 4) is 5.75 Å². The van der Waals surface area contributed by atoms with Crippen molar-refractivity contribution in [3.63, 3.8) is 0 Å². The highest BCUT2D eigenvalue weighted by Crippen LogP contribution is 2.16. The summed E-state index contributed by atoms with van der Waals surface area (Å²) in [7, 11) is 2.01. The lowest BCUT2D eigenvalue weighted by Crippen LogP contribution is -2.30. The lowest BCUT2D eigenvalue weighted by molar-refractivity contribution is -0.123. The second kappa shape index (κ2) is 7.17. The molecule has 24 heavy (non-hydrogen) atoms. The van der Waals surface area contributed by atoms with Crippen LogP contribution in [0, 0.1) is 6.92 Å². The molecule has 0 radical (unpaired) electrons. The molecular formula is C19H21N3O2. The third-order valence-corrected chi connectivity index (χ3v) is 4.02. The monoisotopic (exact) mass is 323 g/mol. The predicted octanol–water partition coefficient (Wildman–Crippen LogP) is 2.62. The number of hydrogen-bond acceptors (Lipinski definition) is 3. The summed E-state index contributed by atoms with van der Waals surface area (Å²) in [5, 5.41) is 2.88. The van der Waals surface area contributed by atoms with Gasteiger partial charge in [0.15, 0.2) is 6.61 Å². The number of aromatic nitrogens is 2. The van der Waals surface area contributed by atoms with Crippen molar-refractivity contribution in [1.82, 2.24) is 14.9 Å². The van der Waals surface area contributed by atoms with Crippen LogP contribution < -0.4 is 10.1 Å². The van der Waals surface area contributed by atoms with Crippen molar-refractivity contribution in [2.45, 2.75) is 13.3 Å². The van der Waals surface area contributed by atoms with E-state index in [1.165, 1.54) is 0 Å². The van der Waals surface area contributed by atoms with Crippen molar-refractivity contribution in [2.24, 2.45) is 7.05 Å². The van der Waals surface area contributed by atoms with E-state index < -0.39 is 0 Å². The number of hydrogen-bond donors (Lipinski definition) is 1. The third-order valence-electron chi connectivity index (χ3n) is 4.02. The predicted molar refractivity (Wildman–Crippen MR) is 94.1 cm³/mol. The standard InChI is InChI=1S/C19H21N3O2/c1-14-21-17-12-15(8-9-18(17)22(14)2)10-11-20-19(23)13-24-16-6-4-3-5-7-16/h3-9,12H,10-11,13H2,1-2H3,(H,20,23). The SMILES string of the molecule is Cc1nc2cc(CCNC(=O)COc3ccccc3)ccc2n1C. The Kier molecular flexibility index (Phi) is 4.79. The zero-order chi connectivity index (χ0) is 16.9. The van der Waals surface area contributed by atoms with Gasteiger partial charge in [0.05, 0.1) is 11.0 Å². The molecule has 124 valence electrons. The van der Waals surface area contributed by atoms with E-state index in [1.54, 1.807) is 0 Å². The number of nitrogens with one attached hydrogen (secondary N) is 1. The number of ether oxygens (including phenoxy) is 1. The van der Waals surface area contributed by atoms with Gasteiger partial charge in [-0.25, -0.2) is 4.98 Å². The van der Waals surface area contributed by atoms with Crippen LogP contribution in [0.25, 0.3) is 11.0 Å². The largest absolute Gasteiger partial charge is 0.484 e. The zero-order valence-corrected chi connectivity index (χ0v) is 14.0. The maximum Gasteiger partial charge on any atom is 0.257 e. The number of imidazole rings is 1. The van der Waals surface area contributed by atoms with Crippen molar-refractivity contribution in [1.29, 1.82) is 0 Å². The molecule has 0 atom stereocenters. The van der Waals surface area contributed by atoms with Gasteiger partial charge in [-0.1, -0.05) is 24.3 Å². The van der Waals surface area contributed by atoms with Crippen LogP contribution in [-0.2, 0) is 18.3 Å². The number of fused-ring (bicyclic) bond motifs is 1. The average molecular weight is 323 g/mol. The Hall–Kier alpha value is -2.82. The minimum absolute atomic E-state index is 0.0302. The lowest BCUT2D eigenvalue weighted by Gasteiger charge is -2.07. The molecule has 0 fully saturated rings. The molecule has 1 N–H and O–H groups in total. The molecule has 3 aromatic rings. The van der Waals surface area contributed by atoms with Crippen LogP contribution in [0.4, 0.5) is 0 Å². The van der Waals surface area contributed by atoms with E-state index >= 15 is 0 Å². The average Bonchev–Trinajstić information content (AvgIpc) is 2.88. The quantitative estimate of drug-likeness (QED) is 0.759. The molecule has 0 aliphatic heterocycles. The molecule has 1 amide bonds. The van der Waals surface area contributed by atoms with Gasteiger partial charge >= 0.3 is 0 Å². The molecule has 5 heteroatoms. The highest BCUT2D eigenvalue weighted by atomic mass is 16.5. The van der Waals surface area contributed by atoms with Gasteiger partial charge in [0, 0.05) is 13.6 Å². The first-order chi connectivity index (χ1) is 11.6. The fraction of sp³-hybridized carbons (Fsp3) is 0.263. The molecule has 2 aromatic carbocycles. The van der Waals surface area contributed by atoms with Gasteiger partial charge in [0.2, 0.25) is 0 Å². The topological polar surface area (TPSA) is 56.1 Å². The number of carbonyl (C=O) groups is 1. The van der Waals surface area contributed by atoms with Crippen molar-refractivity contribution in [3.05, 3.63) is 59.9 Å². The summed E-state index contributed by atoms with van der Waals surface area (Å²) < 4.78 is 7.49. The fourth-order valence-corrected chi connectivity index (χ4v) is 2.58. The number of nitrogens with zero attached hydrogens (tertiary/aromatic N) is 2. The van der Waals surface area contributed by atoms with Crippen molar-refractivity contribution in [2.75, 3.05) is 13.2 Å². The summed E-state index contributed by atoms with van der Waals surface area (Å²) in [5.74, 6) is 1.57. The highest BCUT2D eigenvalue weighted by Gasteiger charge is 2.06. The van der Waals surface area contributed by atoms with E-state index in [-0.39, 0.29) is 12.5 Å². The molecular weight excluding hydrogens is 302 g/mol. The Bertz CT molecular complexity index is 840. The van der Waals surface area contributed by atoms with Gasteiger partial charge in [-0.2, -0.15) is 0 Å². The number of para-hydroxylation sites is 1. The first kappa shape index (κ1) is 16.1.